The number of ether oxygens (including phenoxy) is 1. The number of carbonyl (C=O) groups is 1. The van der Waals surface area contributed by atoms with E-state index in [2.05, 4.69) is 10.6 Å². The Hall–Kier alpha value is -1.26. The maximum absolute atomic E-state index is 12.3. The molecule has 1 fully saturated rings. The van der Waals surface area contributed by atoms with Crippen LogP contribution in [0.2, 0.25) is 0 Å². The molecule has 2 rings (SSSR count). The Morgan fingerprint density at radius 1 is 1.47 bits per heavy atom. The molecule has 1 saturated heterocycles. The summed E-state index contributed by atoms with van der Waals surface area (Å²) in [4.78, 5) is 12.3. The van der Waals surface area contributed by atoms with E-state index >= 15 is 0 Å². The Morgan fingerprint density at radius 3 is 2.89 bits per heavy atom. The highest BCUT2D eigenvalue weighted by Crippen LogP contribution is 2.27. The van der Waals surface area contributed by atoms with Gasteiger partial charge in [-0.15, -0.1) is 12.4 Å². The van der Waals surface area contributed by atoms with E-state index in [1.54, 1.807) is 7.11 Å². The zero-order valence-electron chi connectivity index (χ0n) is 11.4. The van der Waals surface area contributed by atoms with Crippen LogP contribution in [0.5, 0.6) is 5.75 Å². The SMILES string of the molecule is COc1cccc(NC(=O)C2(C)CCCNC2)c1.Cl. The fourth-order valence-corrected chi connectivity index (χ4v) is 2.23. The molecule has 106 valence electrons. The third-order valence-electron chi connectivity index (χ3n) is 3.47. The molecule has 2 N–H and O–H groups in total. The van der Waals surface area contributed by atoms with Crippen molar-refractivity contribution in [1.82, 2.24) is 5.32 Å². The Bertz CT molecular complexity index is 431. The molecule has 1 aliphatic rings. The van der Waals surface area contributed by atoms with Gasteiger partial charge in [-0.3, -0.25) is 4.79 Å². The summed E-state index contributed by atoms with van der Waals surface area (Å²) in [5, 5.41) is 6.25. The van der Waals surface area contributed by atoms with Gasteiger partial charge in [-0.1, -0.05) is 6.07 Å². The molecule has 1 aliphatic heterocycles. The quantitative estimate of drug-likeness (QED) is 0.896. The maximum Gasteiger partial charge on any atom is 0.231 e. The molecule has 0 spiro atoms. The number of nitrogens with one attached hydrogen (secondary N) is 2. The van der Waals surface area contributed by atoms with E-state index in [0.717, 1.165) is 37.4 Å². The minimum Gasteiger partial charge on any atom is -0.497 e. The van der Waals surface area contributed by atoms with Crippen LogP contribution in [0.25, 0.3) is 0 Å². The molecule has 0 aliphatic carbocycles. The van der Waals surface area contributed by atoms with Gasteiger partial charge in [0.25, 0.3) is 0 Å². The van der Waals surface area contributed by atoms with Crippen LogP contribution in [0.1, 0.15) is 19.8 Å². The van der Waals surface area contributed by atoms with Crippen molar-refractivity contribution in [3.8, 4) is 5.75 Å². The van der Waals surface area contributed by atoms with Crippen molar-refractivity contribution in [3.63, 3.8) is 0 Å². The molecule has 19 heavy (non-hydrogen) atoms. The van der Waals surface area contributed by atoms with Crippen LogP contribution in [0.3, 0.4) is 0 Å². The number of halogens is 1. The molecule has 1 aromatic carbocycles. The molecule has 0 aromatic heterocycles. The van der Waals surface area contributed by atoms with E-state index in [4.69, 9.17) is 4.74 Å². The van der Waals surface area contributed by atoms with E-state index in [9.17, 15) is 4.79 Å². The van der Waals surface area contributed by atoms with Gasteiger partial charge in [-0.25, -0.2) is 0 Å². The number of piperidine rings is 1. The molecule has 0 radical (unpaired) electrons. The van der Waals surface area contributed by atoms with Crippen molar-refractivity contribution >= 4 is 24.0 Å². The lowest BCUT2D eigenvalue weighted by atomic mass is 9.82. The molecule has 1 amide bonds. The van der Waals surface area contributed by atoms with Crippen LogP contribution < -0.4 is 15.4 Å². The number of carbonyl (C=O) groups excluding carboxylic acids is 1. The monoisotopic (exact) mass is 284 g/mol. The molecule has 1 aromatic rings. The first-order valence-corrected chi connectivity index (χ1v) is 6.30. The van der Waals surface area contributed by atoms with Crippen molar-refractivity contribution in [1.29, 1.82) is 0 Å². The fourth-order valence-electron chi connectivity index (χ4n) is 2.23. The molecule has 4 nitrogen and oxygen atoms in total. The van der Waals surface area contributed by atoms with Gasteiger partial charge in [0, 0.05) is 18.3 Å². The van der Waals surface area contributed by atoms with Gasteiger partial charge in [0.2, 0.25) is 5.91 Å². The average Bonchev–Trinajstić information content (AvgIpc) is 2.40. The molecular formula is C14H21ClN2O2. The van der Waals surface area contributed by atoms with Crippen molar-refractivity contribution < 1.29 is 9.53 Å². The lowest BCUT2D eigenvalue weighted by Crippen LogP contribution is -2.46. The number of hydrogen-bond acceptors (Lipinski definition) is 3. The molecular weight excluding hydrogens is 264 g/mol. The first-order chi connectivity index (χ1) is 8.64. The first kappa shape index (κ1) is 15.8. The minimum atomic E-state index is -0.318. The van der Waals surface area contributed by atoms with Gasteiger partial charge in [0.15, 0.2) is 0 Å². The number of benzene rings is 1. The van der Waals surface area contributed by atoms with Crippen molar-refractivity contribution in [2.24, 2.45) is 5.41 Å². The summed E-state index contributed by atoms with van der Waals surface area (Å²) in [7, 11) is 1.62. The second kappa shape index (κ2) is 6.78. The summed E-state index contributed by atoms with van der Waals surface area (Å²) in [6.45, 7) is 3.75. The molecule has 0 saturated carbocycles. The lowest BCUT2D eigenvalue weighted by Gasteiger charge is -2.32. The summed E-state index contributed by atoms with van der Waals surface area (Å²) < 4.78 is 5.14. The summed E-state index contributed by atoms with van der Waals surface area (Å²) in [6, 6.07) is 7.44. The van der Waals surface area contributed by atoms with Gasteiger partial charge in [-0.2, -0.15) is 0 Å². The van der Waals surface area contributed by atoms with E-state index in [-0.39, 0.29) is 23.7 Å². The van der Waals surface area contributed by atoms with Crippen LogP contribution in [0.15, 0.2) is 24.3 Å². The fraction of sp³-hybridized carbons (Fsp3) is 0.500. The predicted molar refractivity (Wildman–Crippen MR) is 79.1 cm³/mol. The van der Waals surface area contributed by atoms with Crippen molar-refractivity contribution in [2.75, 3.05) is 25.5 Å². The van der Waals surface area contributed by atoms with Gasteiger partial charge in [0.1, 0.15) is 5.75 Å². The highest BCUT2D eigenvalue weighted by molar-refractivity contribution is 5.95. The topological polar surface area (TPSA) is 50.4 Å². The van der Waals surface area contributed by atoms with Crippen molar-refractivity contribution in [2.45, 2.75) is 19.8 Å². The number of hydrogen-bond donors (Lipinski definition) is 2. The maximum atomic E-state index is 12.3. The third-order valence-corrected chi connectivity index (χ3v) is 3.47. The van der Waals surface area contributed by atoms with E-state index < -0.39 is 0 Å². The Kier molecular flexibility index (Phi) is 5.63. The van der Waals surface area contributed by atoms with Gasteiger partial charge >= 0.3 is 0 Å². The lowest BCUT2D eigenvalue weighted by molar-refractivity contribution is -0.125. The predicted octanol–water partition coefficient (Wildman–Crippen LogP) is 2.45. The summed E-state index contributed by atoms with van der Waals surface area (Å²) in [5.74, 6) is 0.822. The second-order valence-corrected chi connectivity index (χ2v) is 5.03. The first-order valence-electron chi connectivity index (χ1n) is 6.30. The highest BCUT2D eigenvalue weighted by atomic mass is 35.5. The highest BCUT2D eigenvalue weighted by Gasteiger charge is 2.34. The van der Waals surface area contributed by atoms with E-state index in [1.807, 2.05) is 31.2 Å². The third kappa shape index (κ3) is 3.85. The molecule has 5 heteroatoms. The van der Waals surface area contributed by atoms with Gasteiger partial charge < -0.3 is 15.4 Å². The Morgan fingerprint density at radius 2 is 2.26 bits per heavy atom. The number of methoxy groups -OCH3 is 1. The summed E-state index contributed by atoms with van der Waals surface area (Å²) >= 11 is 0. The zero-order chi connectivity index (χ0) is 13.0. The molecule has 0 bridgehead atoms. The van der Waals surface area contributed by atoms with Crippen molar-refractivity contribution in [3.05, 3.63) is 24.3 Å². The molecule has 1 atom stereocenters. The zero-order valence-corrected chi connectivity index (χ0v) is 12.2. The second-order valence-electron chi connectivity index (χ2n) is 5.03. The normalized spacial score (nSPS) is 22.2. The molecule has 1 unspecified atom stereocenters. The summed E-state index contributed by atoms with van der Waals surface area (Å²) in [6.07, 6.45) is 1.97. The average molecular weight is 285 g/mol. The number of anilines is 1. The van der Waals surface area contributed by atoms with E-state index in [0.29, 0.717) is 0 Å². The smallest absolute Gasteiger partial charge is 0.231 e. The molecule has 1 heterocycles. The Labute approximate surface area is 120 Å². The van der Waals surface area contributed by atoms with Crippen LogP contribution >= 0.6 is 12.4 Å². The minimum absolute atomic E-state index is 0. The van der Waals surface area contributed by atoms with Crippen LogP contribution in [-0.2, 0) is 4.79 Å². The van der Waals surface area contributed by atoms with Gasteiger partial charge in [0.05, 0.1) is 12.5 Å². The Balaban J connectivity index is 0.00000180. The van der Waals surface area contributed by atoms with Crippen LogP contribution in [0, 0.1) is 5.41 Å². The van der Waals surface area contributed by atoms with Crippen LogP contribution in [-0.4, -0.2) is 26.1 Å². The van der Waals surface area contributed by atoms with E-state index in [1.165, 1.54) is 0 Å². The van der Waals surface area contributed by atoms with Crippen LogP contribution in [0.4, 0.5) is 5.69 Å². The number of amides is 1. The number of rotatable bonds is 3. The standard InChI is InChI=1S/C14H20N2O2.ClH/c1-14(7-4-8-15-10-14)13(17)16-11-5-3-6-12(9-11)18-2;/h3,5-6,9,15H,4,7-8,10H2,1-2H3,(H,16,17);1H. The largest absolute Gasteiger partial charge is 0.497 e. The van der Waals surface area contributed by atoms with Gasteiger partial charge in [-0.05, 0) is 38.4 Å². The summed E-state index contributed by atoms with van der Waals surface area (Å²) in [5.41, 5.74) is 0.465.